The summed E-state index contributed by atoms with van der Waals surface area (Å²) in [5.74, 6) is 2.11. The van der Waals surface area contributed by atoms with Crippen molar-refractivity contribution in [2.75, 3.05) is 30.0 Å². The summed E-state index contributed by atoms with van der Waals surface area (Å²) in [6.45, 7) is 3.12. The third kappa shape index (κ3) is 6.50. The molecule has 1 aliphatic heterocycles. The highest BCUT2D eigenvalue weighted by Crippen LogP contribution is 2.35. The Hall–Kier alpha value is -3.02. The number of benzene rings is 2. The first-order chi connectivity index (χ1) is 16.1. The molecule has 1 heterocycles. The van der Waals surface area contributed by atoms with Crippen LogP contribution in [0, 0.1) is 12.8 Å². The Kier molecular flexibility index (Phi) is 7.87. The van der Waals surface area contributed by atoms with Crippen molar-refractivity contribution < 1.29 is 19.1 Å². The minimum atomic E-state index is -0.0675. The molecule has 0 spiro atoms. The van der Waals surface area contributed by atoms with Gasteiger partial charge in [0.25, 0.3) is 5.91 Å². The summed E-state index contributed by atoms with van der Waals surface area (Å²) in [5.41, 5.74) is 2.64. The molecule has 1 aliphatic carbocycles. The molecule has 2 aromatic rings. The largest absolute Gasteiger partial charge is 0.494 e. The highest BCUT2D eigenvalue weighted by Gasteiger charge is 2.25. The topological polar surface area (TPSA) is 67.9 Å². The van der Waals surface area contributed by atoms with Crippen LogP contribution in [-0.4, -0.2) is 31.6 Å². The van der Waals surface area contributed by atoms with E-state index in [0.717, 1.165) is 17.9 Å². The highest BCUT2D eigenvalue weighted by atomic mass is 16.5. The molecule has 6 heteroatoms. The maximum atomic E-state index is 12.4. The number of nitrogens with one attached hydrogen (secondary N) is 1. The van der Waals surface area contributed by atoms with Crippen LogP contribution in [0.5, 0.6) is 11.5 Å². The molecular weight excluding hydrogens is 416 g/mol. The monoisotopic (exact) mass is 450 g/mol. The van der Waals surface area contributed by atoms with Crippen molar-refractivity contribution in [1.82, 2.24) is 0 Å². The van der Waals surface area contributed by atoms with Crippen molar-refractivity contribution in [3.05, 3.63) is 48.0 Å². The van der Waals surface area contributed by atoms with Crippen molar-refractivity contribution in [1.29, 1.82) is 0 Å². The first-order valence-electron chi connectivity index (χ1n) is 12.1. The Labute approximate surface area is 196 Å². The predicted octanol–water partition coefficient (Wildman–Crippen LogP) is 5.49. The third-order valence-corrected chi connectivity index (χ3v) is 6.51. The van der Waals surface area contributed by atoms with Gasteiger partial charge in [-0.1, -0.05) is 49.8 Å². The molecule has 2 aliphatic rings. The molecule has 4 rings (SSSR count). The summed E-state index contributed by atoms with van der Waals surface area (Å²) in [6.07, 6.45) is 8.63. The molecular formula is C27H34N2O4. The van der Waals surface area contributed by atoms with Crippen LogP contribution in [0.4, 0.5) is 11.4 Å². The van der Waals surface area contributed by atoms with Crippen LogP contribution in [0.2, 0.25) is 0 Å². The van der Waals surface area contributed by atoms with Crippen molar-refractivity contribution in [3.63, 3.8) is 0 Å². The first kappa shape index (κ1) is 23.1. The van der Waals surface area contributed by atoms with Gasteiger partial charge in [-0.15, -0.1) is 0 Å². The number of hydrogen-bond acceptors (Lipinski definition) is 4. The molecule has 176 valence electrons. The van der Waals surface area contributed by atoms with Gasteiger partial charge in [0.05, 0.1) is 12.3 Å². The van der Waals surface area contributed by atoms with Crippen LogP contribution in [0.15, 0.2) is 42.5 Å². The smallest absolute Gasteiger partial charge is 0.265 e. The summed E-state index contributed by atoms with van der Waals surface area (Å²) in [5, 5.41) is 2.99. The van der Waals surface area contributed by atoms with Crippen LogP contribution < -0.4 is 19.7 Å². The molecule has 0 unspecified atom stereocenters. The Morgan fingerprint density at radius 3 is 2.70 bits per heavy atom. The zero-order valence-corrected chi connectivity index (χ0v) is 19.5. The number of anilines is 2. The molecule has 0 saturated heterocycles. The number of aryl methyl sites for hydroxylation is 1. The van der Waals surface area contributed by atoms with Gasteiger partial charge in [-0.25, -0.2) is 0 Å². The number of carbonyl (C=O) groups is 2. The molecule has 0 atom stereocenters. The van der Waals surface area contributed by atoms with Crippen molar-refractivity contribution in [2.24, 2.45) is 5.92 Å². The first-order valence-corrected chi connectivity index (χ1v) is 12.1. The highest BCUT2D eigenvalue weighted by molar-refractivity contribution is 5.99. The lowest BCUT2D eigenvalue weighted by molar-refractivity contribution is -0.121. The van der Waals surface area contributed by atoms with Crippen LogP contribution in [0.3, 0.4) is 0 Å². The molecule has 2 aromatic carbocycles. The Bertz CT molecular complexity index is 951. The lowest BCUT2D eigenvalue weighted by Crippen LogP contribution is -2.39. The van der Waals surface area contributed by atoms with E-state index in [4.69, 9.17) is 9.47 Å². The Morgan fingerprint density at radius 2 is 1.91 bits per heavy atom. The average molecular weight is 451 g/mol. The number of fused-ring (bicyclic) bond motifs is 1. The second-order valence-electron chi connectivity index (χ2n) is 9.12. The summed E-state index contributed by atoms with van der Waals surface area (Å²) in [4.78, 5) is 26.6. The molecule has 0 radical (unpaired) electrons. The van der Waals surface area contributed by atoms with Crippen LogP contribution >= 0.6 is 0 Å². The number of carbonyl (C=O) groups excluding carboxylic acids is 2. The molecule has 2 amide bonds. The van der Waals surface area contributed by atoms with Crippen LogP contribution in [-0.2, 0) is 9.59 Å². The summed E-state index contributed by atoms with van der Waals surface area (Å²) in [7, 11) is 0. The van der Waals surface area contributed by atoms with Gasteiger partial charge in [0.1, 0.15) is 11.5 Å². The summed E-state index contributed by atoms with van der Waals surface area (Å²) < 4.78 is 11.4. The fourth-order valence-corrected chi connectivity index (χ4v) is 4.61. The number of hydrogen-bond donors (Lipinski definition) is 1. The number of ether oxygens (including phenoxy) is 2. The van der Waals surface area contributed by atoms with E-state index in [1.807, 2.05) is 49.4 Å². The summed E-state index contributed by atoms with van der Waals surface area (Å²) >= 11 is 0. The maximum absolute atomic E-state index is 12.4. The van der Waals surface area contributed by atoms with Crippen molar-refractivity contribution in [3.8, 4) is 11.5 Å². The van der Waals surface area contributed by atoms with Gasteiger partial charge in [-0.05, 0) is 49.9 Å². The standard InChI is InChI=1S/C27H34N2O4/c1-20-8-12-23(13-9-20)32-17-5-16-29-24-14-11-22(18-25(24)33-19-27(29)31)28-26(30)15-10-21-6-3-2-4-7-21/h8-9,11-14,18,21H,2-7,10,15-17,19H2,1H3,(H,28,30). The third-order valence-electron chi connectivity index (χ3n) is 6.51. The lowest BCUT2D eigenvalue weighted by Gasteiger charge is -2.29. The molecule has 0 bridgehead atoms. The zero-order chi connectivity index (χ0) is 23.0. The van der Waals surface area contributed by atoms with Gasteiger partial charge in [-0.2, -0.15) is 0 Å². The summed E-state index contributed by atoms with van der Waals surface area (Å²) in [6, 6.07) is 13.5. The van der Waals surface area contributed by atoms with Gasteiger partial charge in [0.2, 0.25) is 5.91 Å². The van der Waals surface area contributed by atoms with E-state index in [9.17, 15) is 9.59 Å². The van der Waals surface area contributed by atoms with Gasteiger partial charge < -0.3 is 19.7 Å². The van der Waals surface area contributed by atoms with E-state index in [0.29, 0.717) is 43.3 Å². The second kappa shape index (κ2) is 11.2. The van der Waals surface area contributed by atoms with Crippen molar-refractivity contribution >= 4 is 23.2 Å². The fourth-order valence-electron chi connectivity index (χ4n) is 4.61. The zero-order valence-electron chi connectivity index (χ0n) is 19.5. The SMILES string of the molecule is Cc1ccc(OCCCN2C(=O)COc3cc(NC(=O)CCC4CCCCC4)ccc32)cc1. The molecule has 6 nitrogen and oxygen atoms in total. The molecule has 1 fully saturated rings. The van der Waals surface area contributed by atoms with E-state index in [2.05, 4.69) is 5.32 Å². The van der Waals surface area contributed by atoms with E-state index < -0.39 is 0 Å². The molecule has 0 aromatic heterocycles. The van der Waals surface area contributed by atoms with Gasteiger partial charge >= 0.3 is 0 Å². The lowest BCUT2D eigenvalue weighted by atomic mass is 9.86. The number of nitrogens with zero attached hydrogens (tertiary/aromatic N) is 1. The minimum absolute atomic E-state index is 0.00486. The second-order valence-corrected chi connectivity index (χ2v) is 9.12. The Morgan fingerprint density at radius 1 is 1.12 bits per heavy atom. The molecule has 33 heavy (non-hydrogen) atoms. The van der Waals surface area contributed by atoms with E-state index in [-0.39, 0.29) is 18.4 Å². The normalized spacial score (nSPS) is 16.2. The Balaban J connectivity index is 1.28. The molecule has 1 saturated carbocycles. The predicted molar refractivity (Wildman–Crippen MR) is 130 cm³/mol. The van der Waals surface area contributed by atoms with Crippen LogP contribution in [0.25, 0.3) is 0 Å². The number of amides is 2. The van der Waals surface area contributed by atoms with E-state index >= 15 is 0 Å². The van der Waals surface area contributed by atoms with Crippen molar-refractivity contribution in [2.45, 2.75) is 58.3 Å². The van der Waals surface area contributed by atoms with E-state index in [1.165, 1.54) is 37.7 Å². The van der Waals surface area contributed by atoms with E-state index in [1.54, 1.807) is 4.90 Å². The minimum Gasteiger partial charge on any atom is -0.494 e. The quantitative estimate of drug-likeness (QED) is 0.513. The van der Waals surface area contributed by atoms with Crippen LogP contribution in [0.1, 0.15) is 56.9 Å². The van der Waals surface area contributed by atoms with Gasteiger partial charge in [0, 0.05) is 24.7 Å². The molecule has 1 N–H and O–H groups in total. The van der Waals surface area contributed by atoms with Gasteiger partial charge in [0.15, 0.2) is 6.61 Å². The number of rotatable bonds is 9. The maximum Gasteiger partial charge on any atom is 0.265 e. The fraction of sp³-hybridized carbons (Fsp3) is 0.481. The average Bonchev–Trinajstić information content (AvgIpc) is 2.83. The van der Waals surface area contributed by atoms with Gasteiger partial charge in [-0.3, -0.25) is 9.59 Å².